The Labute approximate surface area is 105 Å². The van der Waals surface area contributed by atoms with Crippen LogP contribution in [0, 0.1) is 5.92 Å². The Morgan fingerprint density at radius 2 is 1.72 bits per heavy atom. The first-order valence-electron chi connectivity index (χ1n) is 6.11. The highest BCUT2D eigenvalue weighted by Crippen LogP contribution is 2.30. The minimum Gasteiger partial charge on any atom is -0.455 e. The van der Waals surface area contributed by atoms with E-state index in [0.29, 0.717) is 13.1 Å². The van der Waals surface area contributed by atoms with E-state index in [9.17, 15) is 18.4 Å². The molecule has 0 aromatic carbocycles. The SMILES string of the molecule is CC(=O)OC(C(C)C)C(F)(F)C(=O)N1CCCC1. The van der Waals surface area contributed by atoms with Crippen LogP contribution in [-0.4, -0.2) is 41.9 Å². The summed E-state index contributed by atoms with van der Waals surface area (Å²) in [5, 5.41) is 0. The topological polar surface area (TPSA) is 46.6 Å². The second kappa shape index (κ2) is 5.63. The highest BCUT2D eigenvalue weighted by molar-refractivity contribution is 5.85. The summed E-state index contributed by atoms with van der Waals surface area (Å²) >= 11 is 0. The molecule has 1 fully saturated rings. The predicted molar refractivity (Wildman–Crippen MR) is 61.2 cm³/mol. The molecule has 1 rings (SSSR count). The van der Waals surface area contributed by atoms with Crippen molar-refractivity contribution >= 4 is 11.9 Å². The van der Waals surface area contributed by atoms with E-state index in [4.69, 9.17) is 0 Å². The monoisotopic (exact) mass is 263 g/mol. The molecule has 0 aliphatic carbocycles. The fraction of sp³-hybridized carbons (Fsp3) is 0.833. The molecule has 0 saturated carbocycles. The first-order valence-corrected chi connectivity index (χ1v) is 6.11. The van der Waals surface area contributed by atoms with Gasteiger partial charge in [-0.05, 0) is 18.8 Å². The van der Waals surface area contributed by atoms with Crippen molar-refractivity contribution in [2.75, 3.05) is 13.1 Å². The molecule has 1 amide bonds. The first-order chi connectivity index (χ1) is 8.26. The van der Waals surface area contributed by atoms with E-state index in [1.54, 1.807) is 0 Å². The number of rotatable bonds is 4. The van der Waals surface area contributed by atoms with Crippen molar-refractivity contribution < 1.29 is 23.1 Å². The molecule has 0 N–H and O–H groups in total. The third-order valence-electron chi connectivity index (χ3n) is 2.93. The number of halogens is 2. The third kappa shape index (κ3) is 3.17. The van der Waals surface area contributed by atoms with Gasteiger partial charge in [-0.2, -0.15) is 8.78 Å². The van der Waals surface area contributed by atoms with Gasteiger partial charge >= 0.3 is 11.9 Å². The number of nitrogens with zero attached hydrogens (tertiary/aromatic N) is 1. The average Bonchev–Trinajstić information content (AvgIpc) is 2.77. The number of ether oxygens (including phenoxy) is 1. The van der Waals surface area contributed by atoms with E-state index in [-0.39, 0.29) is 0 Å². The molecule has 0 radical (unpaired) electrons. The molecule has 6 heteroatoms. The summed E-state index contributed by atoms with van der Waals surface area (Å²) in [6.07, 6.45) is -0.230. The van der Waals surface area contributed by atoms with E-state index in [1.165, 1.54) is 13.8 Å². The number of esters is 1. The number of carbonyl (C=O) groups excluding carboxylic acids is 2. The minimum absolute atomic E-state index is 0.347. The molecule has 1 aliphatic rings. The lowest BCUT2D eigenvalue weighted by Gasteiger charge is -2.31. The molecule has 104 valence electrons. The van der Waals surface area contributed by atoms with Crippen LogP contribution in [0.3, 0.4) is 0 Å². The van der Waals surface area contributed by atoms with Crippen LogP contribution in [0.25, 0.3) is 0 Å². The van der Waals surface area contributed by atoms with Gasteiger partial charge in [0.05, 0.1) is 0 Å². The van der Waals surface area contributed by atoms with E-state index in [2.05, 4.69) is 4.74 Å². The van der Waals surface area contributed by atoms with E-state index in [0.717, 1.165) is 24.7 Å². The van der Waals surface area contributed by atoms with Crippen molar-refractivity contribution in [3.63, 3.8) is 0 Å². The normalized spacial score (nSPS) is 18.0. The van der Waals surface area contributed by atoms with Crippen LogP contribution in [0.2, 0.25) is 0 Å². The van der Waals surface area contributed by atoms with Gasteiger partial charge in [0.1, 0.15) is 0 Å². The summed E-state index contributed by atoms with van der Waals surface area (Å²) in [4.78, 5) is 23.8. The summed E-state index contributed by atoms with van der Waals surface area (Å²) in [7, 11) is 0. The minimum atomic E-state index is -3.66. The fourth-order valence-electron chi connectivity index (χ4n) is 2.06. The molecule has 1 aliphatic heterocycles. The molecule has 1 atom stereocenters. The lowest BCUT2D eigenvalue weighted by atomic mass is 9.99. The molecule has 4 nitrogen and oxygen atoms in total. The maximum atomic E-state index is 14.1. The highest BCUT2D eigenvalue weighted by atomic mass is 19.3. The van der Waals surface area contributed by atoms with Gasteiger partial charge in [0, 0.05) is 20.0 Å². The molecular formula is C12H19F2NO3. The molecule has 0 aromatic heterocycles. The van der Waals surface area contributed by atoms with Crippen molar-refractivity contribution in [3.05, 3.63) is 0 Å². The quantitative estimate of drug-likeness (QED) is 0.727. The number of alkyl halides is 2. The maximum Gasteiger partial charge on any atom is 0.360 e. The Morgan fingerprint density at radius 3 is 2.11 bits per heavy atom. The average molecular weight is 263 g/mol. The number of hydrogen-bond donors (Lipinski definition) is 0. The van der Waals surface area contributed by atoms with Crippen LogP contribution in [0.1, 0.15) is 33.6 Å². The van der Waals surface area contributed by atoms with Gasteiger partial charge in [0.2, 0.25) is 0 Å². The Balaban J connectivity index is 2.85. The molecule has 1 saturated heterocycles. The fourth-order valence-corrected chi connectivity index (χ4v) is 2.06. The molecule has 0 aromatic rings. The largest absolute Gasteiger partial charge is 0.455 e. The van der Waals surface area contributed by atoms with Crippen LogP contribution >= 0.6 is 0 Å². The molecule has 0 spiro atoms. The van der Waals surface area contributed by atoms with Gasteiger partial charge < -0.3 is 9.64 Å². The van der Waals surface area contributed by atoms with Crippen LogP contribution < -0.4 is 0 Å². The van der Waals surface area contributed by atoms with Gasteiger partial charge in [-0.25, -0.2) is 0 Å². The number of carbonyl (C=O) groups is 2. The molecular weight excluding hydrogens is 244 g/mol. The summed E-state index contributed by atoms with van der Waals surface area (Å²) in [6, 6.07) is 0. The smallest absolute Gasteiger partial charge is 0.360 e. The maximum absolute atomic E-state index is 14.1. The Kier molecular flexibility index (Phi) is 4.65. The zero-order valence-electron chi connectivity index (χ0n) is 10.9. The van der Waals surface area contributed by atoms with Gasteiger partial charge in [-0.3, -0.25) is 9.59 Å². The summed E-state index contributed by atoms with van der Waals surface area (Å²) < 4.78 is 32.8. The molecule has 0 bridgehead atoms. The Bertz CT molecular complexity index is 325. The number of amides is 1. The van der Waals surface area contributed by atoms with Crippen molar-refractivity contribution in [3.8, 4) is 0 Å². The second-order valence-electron chi connectivity index (χ2n) is 4.90. The van der Waals surface area contributed by atoms with Crippen LogP contribution in [0.4, 0.5) is 8.78 Å². The summed E-state index contributed by atoms with van der Waals surface area (Å²) in [6.45, 7) is 4.75. The van der Waals surface area contributed by atoms with E-state index in [1.807, 2.05) is 0 Å². The van der Waals surface area contributed by atoms with Crippen molar-refractivity contribution in [2.45, 2.75) is 45.6 Å². The lowest BCUT2D eigenvalue weighted by molar-refractivity contribution is -0.192. The zero-order valence-corrected chi connectivity index (χ0v) is 10.9. The summed E-state index contributed by atoms with van der Waals surface area (Å²) in [5.41, 5.74) is 0. The van der Waals surface area contributed by atoms with Crippen LogP contribution in [-0.2, 0) is 14.3 Å². The number of likely N-dealkylation sites (tertiary alicyclic amines) is 1. The number of hydrogen-bond acceptors (Lipinski definition) is 3. The molecule has 1 unspecified atom stereocenters. The summed E-state index contributed by atoms with van der Waals surface area (Å²) in [5.74, 6) is -6.33. The molecule has 1 heterocycles. The van der Waals surface area contributed by atoms with Crippen LogP contribution in [0.15, 0.2) is 0 Å². The first kappa shape index (κ1) is 14.9. The van der Waals surface area contributed by atoms with Crippen LogP contribution in [0.5, 0.6) is 0 Å². The van der Waals surface area contributed by atoms with Gasteiger partial charge in [0.25, 0.3) is 5.91 Å². The zero-order chi connectivity index (χ0) is 13.9. The van der Waals surface area contributed by atoms with Gasteiger partial charge in [-0.1, -0.05) is 13.8 Å². The van der Waals surface area contributed by atoms with E-state index >= 15 is 0 Å². The second-order valence-corrected chi connectivity index (χ2v) is 4.90. The molecule has 18 heavy (non-hydrogen) atoms. The highest BCUT2D eigenvalue weighted by Gasteiger charge is 2.53. The third-order valence-corrected chi connectivity index (χ3v) is 2.93. The van der Waals surface area contributed by atoms with Crippen molar-refractivity contribution in [1.82, 2.24) is 4.90 Å². The Hall–Kier alpha value is -1.20. The van der Waals surface area contributed by atoms with Gasteiger partial charge in [-0.15, -0.1) is 0 Å². The van der Waals surface area contributed by atoms with Crippen molar-refractivity contribution in [2.24, 2.45) is 5.92 Å². The van der Waals surface area contributed by atoms with E-state index < -0.39 is 29.8 Å². The lowest BCUT2D eigenvalue weighted by Crippen LogP contribution is -2.52. The Morgan fingerprint density at radius 1 is 1.22 bits per heavy atom. The predicted octanol–water partition coefficient (Wildman–Crippen LogP) is 1.83. The van der Waals surface area contributed by atoms with Crippen molar-refractivity contribution in [1.29, 1.82) is 0 Å². The van der Waals surface area contributed by atoms with Gasteiger partial charge in [0.15, 0.2) is 6.10 Å². The standard InChI is InChI=1S/C12H19F2NO3/c1-8(2)10(18-9(3)16)12(13,14)11(17)15-6-4-5-7-15/h8,10H,4-7H2,1-3H3.